The summed E-state index contributed by atoms with van der Waals surface area (Å²) in [6.45, 7) is 21.0. The number of ether oxygens (including phenoxy) is 3. The molecule has 0 heterocycles. The second-order valence-corrected chi connectivity index (χ2v) is 28.6. The predicted octanol–water partition coefficient (Wildman–Crippen LogP) is 11.2. The average molecular weight is 1500 g/mol. The summed E-state index contributed by atoms with van der Waals surface area (Å²) in [5.74, 6) is 2.03. The lowest BCUT2D eigenvalue weighted by Crippen LogP contribution is -3.11. The van der Waals surface area contributed by atoms with Gasteiger partial charge < -0.3 is 82.5 Å². The second kappa shape index (κ2) is 45.2. The fraction of sp³-hybridized carbons (Fsp3) is 0.371. The summed E-state index contributed by atoms with van der Waals surface area (Å²) in [5.41, 5.74) is 13.3. The molecule has 0 amide bonds. The van der Waals surface area contributed by atoms with Gasteiger partial charge >= 0.3 is 0 Å². The Morgan fingerprint density at radius 3 is 0.716 bits per heavy atom. The van der Waals surface area contributed by atoms with E-state index in [2.05, 4.69) is 157 Å². The Labute approximate surface area is 651 Å². The number of hydrogen-bond acceptors (Lipinski definition) is 17. The smallest absolute Gasteiger partial charge is 0.132 e. The molecule has 0 aliphatic heterocycles. The third kappa shape index (κ3) is 26.2. The van der Waals surface area contributed by atoms with Crippen LogP contribution in [-0.2, 0) is 19.9 Å². The summed E-state index contributed by atoms with van der Waals surface area (Å²) >= 11 is 0. The molecule has 0 unspecified atom stereocenters. The van der Waals surface area contributed by atoms with Crippen LogP contribution in [0.2, 0.25) is 0 Å². The number of rotatable bonds is 32. The van der Waals surface area contributed by atoms with Gasteiger partial charge in [-0.2, -0.15) is 10.5 Å². The van der Waals surface area contributed by atoms with E-state index in [4.69, 9.17) is 24.4 Å². The average Bonchev–Trinajstić information content (AvgIpc) is 0.760. The lowest BCUT2D eigenvalue weighted by Gasteiger charge is -2.30. The van der Waals surface area contributed by atoms with Crippen molar-refractivity contribution in [1.29, 1.82) is 10.5 Å². The van der Waals surface area contributed by atoms with Crippen molar-refractivity contribution in [3.63, 3.8) is 0 Å². The monoisotopic (exact) mass is 1500 g/mol. The van der Waals surface area contributed by atoms with E-state index in [-0.39, 0.29) is 39.0 Å². The highest BCUT2D eigenvalue weighted by atomic mass is 31.2. The molecule has 0 bridgehead atoms. The maximum atomic E-state index is 10.6. The SMILES string of the molecule is CC[NH+](CC)CC.CC[NH+](CC)CC.CN(C)c1ccc(C(C#N)(c2ccc(OCCO)cc2)c2ccc(N(C)C)cc2)cc1.CN(C)c1ccc(C(C#N)(c2ccc(OCCOP(=O)([O-])[O-])cc2)c2ccc(N(C)C)cc2)cc1.CN(C)c1ccc(C(c2ccc(OCCO)cc2)c2ccc(N(C)C)cc2)cc1. The quantitative estimate of drug-likeness (QED) is 0.0175. The highest BCUT2D eigenvalue weighted by Gasteiger charge is 2.38. The highest BCUT2D eigenvalue weighted by molar-refractivity contribution is 7.43. The first-order valence-corrected chi connectivity index (χ1v) is 38.9. The fourth-order valence-electron chi connectivity index (χ4n) is 12.4. The summed E-state index contributed by atoms with van der Waals surface area (Å²) in [5, 5.41) is 39.1. The third-order valence-electron chi connectivity index (χ3n) is 19.2. The maximum Gasteiger partial charge on any atom is 0.132 e. The molecule has 0 aromatic heterocycles. The van der Waals surface area contributed by atoms with Gasteiger partial charge in [-0.3, -0.25) is 0 Å². The lowest BCUT2D eigenvalue weighted by molar-refractivity contribution is -0.894. The van der Waals surface area contributed by atoms with Crippen LogP contribution in [0.4, 0.5) is 34.1 Å². The molecule has 20 heteroatoms. The molecule has 0 saturated carbocycles. The summed E-state index contributed by atoms with van der Waals surface area (Å²) in [4.78, 5) is 36.8. The summed E-state index contributed by atoms with van der Waals surface area (Å²) < 4.78 is 31.3. The number of phosphoric acid groups is 1. The van der Waals surface area contributed by atoms with Crippen LogP contribution in [0.25, 0.3) is 0 Å². The van der Waals surface area contributed by atoms with Crippen molar-refractivity contribution < 1.29 is 53.1 Å². The van der Waals surface area contributed by atoms with E-state index in [1.165, 1.54) is 67.3 Å². The van der Waals surface area contributed by atoms with Crippen LogP contribution in [0.15, 0.2) is 218 Å². The van der Waals surface area contributed by atoms with Gasteiger partial charge in [0.2, 0.25) is 0 Å². The molecule has 9 aromatic rings. The van der Waals surface area contributed by atoms with Gasteiger partial charge in [0, 0.05) is 125 Å². The molecule has 19 nitrogen and oxygen atoms in total. The molecule has 4 N–H and O–H groups in total. The van der Waals surface area contributed by atoms with E-state index in [0.717, 1.165) is 61.9 Å². The molecule has 0 radical (unpaired) electrons. The van der Waals surface area contributed by atoms with Gasteiger partial charge in [-0.05, 0) is 201 Å². The minimum Gasteiger partial charge on any atom is -0.790 e. The first-order valence-electron chi connectivity index (χ1n) is 37.4. The minimum atomic E-state index is -5.03. The van der Waals surface area contributed by atoms with Crippen molar-refractivity contribution in [3.8, 4) is 29.4 Å². The zero-order valence-electron chi connectivity index (χ0n) is 67.6. The minimum absolute atomic E-state index is 0.0147. The number of nitriles is 2. The summed E-state index contributed by atoms with van der Waals surface area (Å²) in [7, 11) is 19.0. The van der Waals surface area contributed by atoms with Gasteiger partial charge in [0.1, 0.15) is 47.9 Å². The number of phosphoric ester groups is 1. The maximum absolute atomic E-state index is 10.6. The zero-order valence-corrected chi connectivity index (χ0v) is 68.5. The molecular formula is C89H119N10O9P. The van der Waals surface area contributed by atoms with Crippen LogP contribution < -0.4 is 63.2 Å². The van der Waals surface area contributed by atoms with Crippen molar-refractivity contribution in [1.82, 2.24) is 0 Å². The van der Waals surface area contributed by atoms with Crippen molar-refractivity contribution >= 4 is 41.9 Å². The molecule has 109 heavy (non-hydrogen) atoms. The number of aliphatic hydroxyl groups excluding tert-OH is 2. The van der Waals surface area contributed by atoms with Crippen molar-refractivity contribution in [3.05, 3.63) is 268 Å². The Morgan fingerprint density at radius 2 is 0.532 bits per heavy atom. The van der Waals surface area contributed by atoms with Gasteiger partial charge in [0.25, 0.3) is 0 Å². The molecule has 0 atom stereocenters. The normalized spacial score (nSPS) is 11.0. The molecule has 0 spiro atoms. The lowest BCUT2D eigenvalue weighted by atomic mass is 9.70. The number of quaternary nitrogens is 2. The number of anilines is 6. The molecule has 0 aliphatic rings. The number of aliphatic hydroxyl groups is 2. The van der Waals surface area contributed by atoms with Crippen LogP contribution in [0.3, 0.4) is 0 Å². The predicted molar refractivity (Wildman–Crippen MR) is 445 cm³/mol. The molecule has 0 aliphatic carbocycles. The Kier molecular flexibility index (Phi) is 37.2. The Hall–Kier alpha value is -9.89. The van der Waals surface area contributed by atoms with Gasteiger partial charge in [0.05, 0.1) is 79.1 Å². The molecular weight excluding hydrogens is 1380 g/mol. The van der Waals surface area contributed by atoms with Gasteiger partial charge in [-0.15, -0.1) is 0 Å². The van der Waals surface area contributed by atoms with E-state index >= 15 is 0 Å². The van der Waals surface area contributed by atoms with Crippen molar-refractivity contribution in [2.24, 2.45) is 0 Å². The topological polar surface area (TPSA) is 216 Å². The first kappa shape index (κ1) is 89.7. The third-order valence-corrected chi connectivity index (χ3v) is 19.7. The van der Waals surface area contributed by atoms with E-state index < -0.39 is 18.7 Å². The number of nitrogens with zero attached hydrogens (tertiary/aromatic N) is 8. The molecule has 0 saturated heterocycles. The Bertz CT molecular complexity index is 3980. The largest absolute Gasteiger partial charge is 0.790 e. The number of benzene rings is 9. The molecule has 584 valence electrons. The number of hydrogen-bond donors (Lipinski definition) is 4. The van der Waals surface area contributed by atoms with Crippen LogP contribution in [-0.4, -0.2) is 174 Å². The zero-order chi connectivity index (χ0) is 80.3. The summed E-state index contributed by atoms with van der Waals surface area (Å²) in [6.07, 6.45) is 0. The standard InChI is InChI=1S/C26H30N3O5P.C26H29N3O2.C25H30N2O2.2C6H15N/c1-28(2)23-11-5-20(6-12-23)26(19-27,21-7-13-24(14-8-21)29(3)4)22-9-15-25(16-10-22)33-17-18-34-35(30,31)32;1-28(2)23-11-5-20(6-12-23)26(19-27,21-7-13-24(14-8-21)29(3)4)22-9-15-25(16-10-22)31-18-17-30;1-26(2)22-11-5-19(6-12-22)25(20-7-13-23(14-8-20)27(3)4)21-9-15-24(16-10-21)29-18-17-28;2*1-4-7(5-2)6-3/h5-16H,17-18H2,1-4H3,(H2,30,31,32);5-16,30H,17-18H2,1-4H3;5-16,25,28H,17-18H2,1-4H3;2*4-6H2,1-3H3. The molecule has 9 rings (SSSR count). The van der Waals surface area contributed by atoms with Crippen LogP contribution >= 0.6 is 7.82 Å². The summed E-state index contributed by atoms with van der Waals surface area (Å²) in [6, 6.07) is 77.4. The van der Waals surface area contributed by atoms with E-state index in [9.17, 15) is 24.9 Å². The van der Waals surface area contributed by atoms with E-state index in [0.29, 0.717) is 18.1 Å². The Morgan fingerprint density at radius 1 is 0.339 bits per heavy atom. The highest BCUT2D eigenvalue weighted by Crippen LogP contribution is 2.43. The van der Waals surface area contributed by atoms with Crippen LogP contribution in [0, 0.1) is 22.7 Å². The molecule has 0 fully saturated rings. The first-order chi connectivity index (χ1) is 52.2. The fourth-order valence-corrected chi connectivity index (χ4v) is 12.7. The van der Waals surface area contributed by atoms with Crippen LogP contribution in [0.1, 0.15) is 97.5 Å². The van der Waals surface area contributed by atoms with Gasteiger partial charge in [-0.1, -0.05) is 109 Å². The van der Waals surface area contributed by atoms with Crippen molar-refractivity contribution in [2.45, 2.75) is 58.3 Å². The number of nitrogens with one attached hydrogen (secondary N) is 2. The van der Waals surface area contributed by atoms with E-state index in [1.54, 1.807) is 21.9 Å². The second-order valence-electron chi connectivity index (χ2n) is 27.4. The Balaban J connectivity index is 0.000000269. The van der Waals surface area contributed by atoms with Crippen molar-refractivity contribution in [2.75, 3.05) is 193 Å². The van der Waals surface area contributed by atoms with Crippen LogP contribution in [0.5, 0.6) is 17.2 Å². The van der Waals surface area contributed by atoms with E-state index in [1.807, 2.05) is 222 Å². The molecule has 9 aromatic carbocycles. The van der Waals surface area contributed by atoms with Gasteiger partial charge in [0.15, 0.2) is 0 Å². The van der Waals surface area contributed by atoms with Gasteiger partial charge in [-0.25, -0.2) is 0 Å².